The van der Waals surface area contributed by atoms with E-state index in [4.69, 9.17) is 9.31 Å². The molecule has 3 nitrogen and oxygen atoms in total. The van der Waals surface area contributed by atoms with Gasteiger partial charge in [0.2, 0.25) is 0 Å². The molecule has 1 aliphatic rings. The third kappa shape index (κ3) is 3.49. The third-order valence-corrected chi connectivity index (χ3v) is 5.56. The van der Waals surface area contributed by atoms with E-state index in [9.17, 15) is 4.79 Å². The second-order valence-corrected chi connectivity index (χ2v) is 8.26. The van der Waals surface area contributed by atoms with Crippen molar-refractivity contribution in [1.82, 2.24) is 0 Å². The van der Waals surface area contributed by atoms with Crippen molar-refractivity contribution in [2.75, 3.05) is 0 Å². The van der Waals surface area contributed by atoms with Crippen LogP contribution >= 0.6 is 0 Å². The van der Waals surface area contributed by atoms with Crippen molar-refractivity contribution in [3.8, 4) is 0 Å². The first-order valence-corrected chi connectivity index (χ1v) is 9.16. The van der Waals surface area contributed by atoms with E-state index in [1.165, 1.54) is 0 Å². The van der Waals surface area contributed by atoms with Crippen molar-refractivity contribution in [2.24, 2.45) is 0 Å². The highest BCUT2D eigenvalue weighted by molar-refractivity contribution is 6.47. The van der Waals surface area contributed by atoms with Crippen LogP contribution in [0.25, 0.3) is 10.8 Å². The van der Waals surface area contributed by atoms with Crippen LogP contribution in [0.2, 0.25) is 6.32 Å². The van der Waals surface area contributed by atoms with Crippen LogP contribution in [0.5, 0.6) is 0 Å². The second-order valence-electron chi connectivity index (χ2n) is 8.26. The van der Waals surface area contributed by atoms with Gasteiger partial charge in [0, 0.05) is 11.9 Å². The molecule has 1 fully saturated rings. The average Bonchev–Trinajstić information content (AvgIpc) is 2.78. The maximum Gasteiger partial charge on any atom is 0.462 e. The minimum absolute atomic E-state index is 0.0467. The fraction of sp³-hybridized carbons (Fsp3) is 0.409. The van der Waals surface area contributed by atoms with Crippen LogP contribution in [-0.4, -0.2) is 24.1 Å². The molecule has 26 heavy (non-hydrogen) atoms. The summed E-state index contributed by atoms with van der Waals surface area (Å²) >= 11 is 0. The molecule has 0 unspecified atom stereocenters. The summed E-state index contributed by atoms with van der Waals surface area (Å²) in [5.74, 6) is 0.0467. The predicted molar refractivity (Wildman–Crippen MR) is 108 cm³/mol. The Hall–Kier alpha value is -1.91. The first-order valence-electron chi connectivity index (χ1n) is 9.16. The van der Waals surface area contributed by atoms with Gasteiger partial charge in [-0.15, -0.1) is 0 Å². The van der Waals surface area contributed by atoms with Crippen LogP contribution in [-0.2, 0) is 9.31 Å². The van der Waals surface area contributed by atoms with Gasteiger partial charge in [0.1, 0.15) is 0 Å². The fourth-order valence-electron chi connectivity index (χ4n) is 3.24. The average molecular weight is 350 g/mol. The Morgan fingerprint density at radius 1 is 0.923 bits per heavy atom. The zero-order valence-electron chi connectivity index (χ0n) is 16.6. The molecule has 2 aromatic rings. The van der Waals surface area contributed by atoms with Gasteiger partial charge in [-0.3, -0.25) is 4.79 Å². The van der Waals surface area contributed by atoms with Gasteiger partial charge in [0.15, 0.2) is 5.78 Å². The number of carbonyl (C=O) groups is 1. The van der Waals surface area contributed by atoms with Crippen molar-refractivity contribution in [1.29, 1.82) is 0 Å². The molecule has 0 saturated carbocycles. The smallest absolute Gasteiger partial charge is 0.403 e. The van der Waals surface area contributed by atoms with Crippen molar-refractivity contribution in [3.05, 3.63) is 59.2 Å². The Labute approximate surface area is 156 Å². The summed E-state index contributed by atoms with van der Waals surface area (Å²) < 4.78 is 12.2. The Kier molecular flexibility index (Phi) is 4.85. The highest BCUT2D eigenvalue weighted by atomic mass is 16.7. The number of hydrogen-bond donors (Lipinski definition) is 0. The van der Waals surface area contributed by atoms with Crippen LogP contribution in [0.3, 0.4) is 0 Å². The number of fused-ring (bicyclic) bond motifs is 1. The zero-order valence-corrected chi connectivity index (χ0v) is 16.6. The molecule has 4 heteroatoms. The quantitative estimate of drug-likeness (QED) is 0.418. The standard InChI is InChI=1S/C22H27BO3/c1-15(2)19(14-23-25-21(3,4)22(5,6)26-23)20(24)18-12-11-16-9-7-8-10-17(16)13-18/h7-13H,14H2,1-6H3. The van der Waals surface area contributed by atoms with Crippen LogP contribution in [0.1, 0.15) is 51.9 Å². The SMILES string of the molecule is CC(C)=C(CB1OC(C)(C)C(C)(C)O1)C(=O)c1ccc2ccccc2c1. The van der Waals surface area contributed by atoms with Gasteiger partial charge in [0.05, 0.1) is 11.2 Å². The summed E-state index contributed by atoms with van der Waals surface area (Å²) in [7, 11) is -0.408. The molecule has 0 bridgehead atoms. The lowest BCUT2D eigenvalue weighted by Gasteiger charge is -2.32. The van der Waals surface area contributed by atoms with Gasteiger partial charge in [-0.2, -0.15) is 0 Å². The number of allylic oxidation sites excluding steroid dienone is 2. The Morgan fingerprint density at radius 2 is 1.50 bits per heavy atom. The third-order valence-electron chi connectivity index (χ3n) is 5.56. The van der Waals surface area contributed by atoms with Crippen LogP contribution in [0, 0.1) is 0 Å². The predicted octanol–water partition coefficient (Wildman–Crippen LogP) is 5.45. The minimum Gasteiger partial charge on any atom is -0.403 e. The van der Waals surface area contributed by atoms with E-state index in [1.807, 2.05) is 77.9 Å². The molecule has 0 aromatic heterocycles. The van der Waals surface area contributed by atoms with E-state index in [0.29, 0.717) is 11.9 Å². The minimum atomic E-state index is -0.408. The lowest BCUT2D eigenvalue weighted by molar-refractivity contribution is 0.00578. The molecule has 0 amide bonds. The lowest BCUT2D eigenvalue weighted by atomic mass is 9.76. The van der Waals surface area contributed by atoms with Crippen molar-refractivity contribution in [3.63, 3.8) is 0 Å². The molecule has 136 valence electrons. The molecule has 1 saturated heterocycles. The van der Waals surface area contributed by atoms with Crippen molar-refractivity contribution in [2.45, 2.75) is 59.1 Å². The highest BCUT2D eigenvalue weighted by Gasteiger charge is 2.51. The van der Waals surface area contributed by atoms with Gasteiger partial charge in [-0.05, 0) is 64.0 Å². The summed E-state index contributed by atoms with van der Waals surface area (Å²) in [6, 6.07) is 13.9. The van der Waals surface area contributed by atoms with Gasteiger partial charge in [-0.25, -0.2) is 0 Å². The molecular weight excluding hydrogens is 323 g/mol. The summed E-state index contributed by atoms with van der Waals surface area (Å²) in [4.78, 5) is 13.2. The fourth-order valence-corrected chi connectivity index (χ4v) is 3.24. The summed E-state index contributed by atoms with van der Waals surface area (Å²) in [5, 5.41) is 2.20. The molecule has 2 aromatic carbocycles. The number of rotatable bonds is 4. The summed E-state index contributed by atoms with van der Waals surface area (Å²) in [6.45, 7) is 12.1. The Bertz CT molecular complexity index is 860. The summed E-state index contributed by atoms with van der Waals surface area (Å²) in [6.07, 6.45) is 0.459. The topological polar surface area (TPSA) is 35.5 Å². The highest BCUT2D eigenvalue weighted by Crippen LogP contribution is 2.39. The number of benzene rings is 2. The molecule has 0 N–H and O–H groups in total. The number of ketones is 1. The molecule has 0 radical (unpaired) electrons. The first kappa shape index (κ1) is 18.9. The van der Waals surface area contributed by atoms with E-state index < -0.39 is 18.3 Å². The first-order chi connectivity index (χ1) is 12.1. The second kappa shape index (κ2) is 6.68. The Balaban J connectivity index is 1.86. The van der Waals surface area contributed by atoms with Crippen molar-refractivity contribution < 1.29 is 14.1 Å². The van der Waals surface area contributed by atoms with Gasteiger partial charge in [-0.1, -0.05) is 42.0 Å². The van der Waals surface area contributed by atoms with Gasteiger partial charge < -0.3 is 9.31 Å². The van der Waals surface area contributed by atoms with E-state index in [1.54, 1.807) is 0 Å². The van der Waals surface area contributed by atoms with Crippen molar-refractivity contribution >= 4 is 23.7 Å². The van der Waals surface area contributed by atoms with Crippen LogP contribution < -0.4 is 0 Å². The van der Waals surface area contributed by atoms with Gasteiger partial charge >= 0.3 is 7.12 Å². The molecule has 1 aliphatic heterocycles. The molecule has 1 heterocycles. The number of carbonyl (C=O) groups excluding carboxylic acids is 1. The normalized spacial score (nSPS) is 18.2. The van der Waals surface area contributed by atoms with Crippen LogP contribution in [0.4, 0.5) is 0 Å². The molecule has 3 rings (SSSR count). The number of hydrogen-bond acceptors (Lipinski definition) is 3. The van der Waals surface area contributed by atoms with E-state index >= 15 is 0 Å². The molecule has 0 aliphatic carbocycles. The zero-order chi connectivity index (χ0) is 19.1. The number of Topliss-reactive ketones (excluding diaryl/α,β-unsaturated/α-hetero) is 1. The maximum absolute atomic E-state index is 13.2. The monoisotopic (exact) mass is 350 g/mol. The largest absolute Gasteiger partial charge is 0.462 e. The molecule has 0 spiro atoms. The maximum atomic E-state index is 13.2. The lowest BCUT2D eigenvalue weighted by Crippen LogP contribution is -2.41. The van der Waals surface area contributed by atoms with Crippen LogP contribution in [0.15, 0.2) is 53.6 Å². The molecule has 0 atom stereocenters. The van der Waals surface area contributed by atoms with E-state index in [-0.39, 0.29) is 5.78 Å². The molecular formula is C22H27BO3. The van der Waals surface area contributed by atoms with Gasteiger partial charge in [0.25, 0.3) is 0 Å². The summed E-state index contributed by atoms with van der Waals surface area (Å²) in [5.41, 5.74) is 1.68. The van der Waals surface area contributed by atoms with E-state index in [2.05, 4.69) is 6.07 Å². The van der Waals surface area contributed by atoms with E-state index in [0.717, 1.165) is 21.9 Å². The Morgan fingerprint density at radius 3 is 2.08 bits per heavy atom.